The molecule has 0 bridgehead atoms. The highest BCUT2D eigenvalue weighted by Crippen LogP contribution is 2.36. The first kappa shape index (κ1) is 12.9. The van der Waals surface area contributed by atoms with E-state index < -0.39 is 5.97 Å². The highest BCUT2D eigenvalue weighted by Gasteiger charge is 2.23. The van der Waals surface area contributed by atoms with Crippen molar-refractivity contribution in [2.45, 2.75) is 11.3 Å². The molecule has 4 nitrogen and oxygen atoms in total. The number of Topliss-reactive ketones (excluding diaryl/α,β-unsaturated/α-hetero) is 1. The maximum absolute atomic E-state index is 12.1. The van der Waals surface area contributed by atoms with Crippen molar-refractivity contribution in [2.75, 3.05) is 7.11 Å². The molecule has 2 aliphatic rings. The van der Waals surface area contributed by atoms with E-state index in [1.54, 1.807) is 24.4 Å². The number of rotatable bonds is 1. The van der Waals surface area contributed by atoms with Crippen LogP contribution >= 0.6 is 11.9 Å². The molecule has 0 atom stereocenters. The van der Waals surface area contributed by atoms with E-state index in [4.69, 9.17) is 4.74 Å². The van der Waals surface area contributed by atoms with Crippen LogP contribution in [0.5, 0.6) is 0 Å². The van der Waals surface area contributed by atoms with Gasteiger partial charge in [-0.15, -0.1) is 0 Å². The van der Waals surface area contributed by atoms with Crippen LogP contribution in [0.1, 0.15) is 22.3 Å². The molecular weight excluding hydrogens is 274 g/mol. The summed E-state index contributed by atoms with van der Waals surface area (Å²) >= 11 is 1.25. The van der Waals surface area contributed by atoms with Gasteiger partial charge in [0, 0.05) is 46.2 Å². The Morgan fingerprint density at radius 1 is 1.40 bits per heavy atom. The van der Waals surface area contributed by atoms with Crippen LogP contribution in [0.15, 0.2) is 45.2 Å². The molecule has 20 heavy (non-hydrogen) atoms. The van der Waals surface area contributed by atoms with E-state index in [1.807, 2.05) is 12.2 Å². The van der Waals surface area contributed by atoms with Crippen LogP contribution in [-0.4, -0.2) is 25.1 Å². The second-order valence-electron chi connectivity index (χ2n) is 4.39. The molecule has 1 aromatic rings. The third-order valence-electron chi connectivity index (χ3n) is 3.18. The van der Waals surface area contributed by atoms with Crippen LogP contribution in [-0.2, 0) is 9.53 Å². The van der Waals surface area contributed by atoms with Gasteiger partial charge in [0.05, 0.1) is 12.7 Å². The highest BCUT2D eigenvalue weighted by atomic mass is 32.2. The van der Waals surface area contributed by atoms with Gasteiger partial charge in [-0.2, -0.15) is 0 Å². The van der Waals surface area contributed by atoms with E-state index in [9.17, 15) is 9.59 Å². The second-order valence-corrected chi connectivity index (χ2v) is 5.22. The van der Waals surface area contributed by atoms with Gasteiger partial charge in [0.2, 0.25) is 0 Å². The molecular formula is C15H11NO3S. The molecule has 1 aromatic carbocycles. The van der Waals surface area contributed by atoms with Gasteiger partial charge in [-0.3, -0.25) is 4.79 Å². The number of hydrogen-bond acceptors (Lipinski definition) is 5. The number of nitrogens with zero attached hydrogens (tertiary/aromatic N) is 1. The van der Waals surface area contributed by atoms with Crippen LogP contribution in [0, 0.1) is 0 Å². The van der Waals surface area contributed by atoms with Gasteiger partial charge in [0.15, 0.2) is 5.78 Å². The summed E-state index contributed by atoms with van der Waals surface area (Å²) in [5, 5.41) is 0. The number of benzene rings is 1. The first-order chi connectivity index (χ1) is 9.70. The number of fused-ring (bicyclic) bond motifs is 2. The average molecular weight is 285 g/mol. The van der Waals surface area contributed by atoms with Gasteiger partial charge < -0.3 is 4.74 Å². The number of carbonyl (C=O) groups excluding carboxylic acids is 2. The van der Waals surface area contributed by atoms with Crippen molar-refractivity contribution in [3.8, 4) is 0 Å². The van der Waals surface area contributed by atoms with Gasteiger partial charge in [-0.05, 0) is 12.1 Å². The lowest BCUT2D eigenvalue weighted by atomic mass is 9.90. The Kier molecular flexibility index (Phi) is 3.28. The normalized spacial score (nSPS) is 16.6. The number of ketones is 1. The second kappa shape index (κ2) is 5.09. The van der Waals surface area contributed by atoms with Gasteiger partial charge in [-0.25, -0.2) is 9.19 Å². The van der Waals surface area contributed by atoms with E-state index in [-0.39, 0.29) is 5.78 Å². The van der Waals surface area contributed by atoms with Crippen molar-refractivity contribution in [2.24, 2.45) is 4.40 Å². The number of ether oxygens (including phenoxy) is 1. The van der Waals surface area contributed by atoms with Crippen molar-refractivity contribution in [1.29, 1.82) is 0 Å². The lowest BCUT2D eigenvalue weighted by Gasteiger charge is -2.13. The number of hydrogen-bond donors (Lipinski definition) is 0. The smallest absolute Gasteiger partial charge is 0.337 e. The van der Waals surface area contributed by atoms with Crippen molar-refractivity contribution in [3.63, 3.8) is 0 Å². The van der Waals surface area contributed by atoms with Crippen LogP contribution in [0.3, 0.4) is 0 Å². The van der Waals surface area contributed by atoms with E-state index in [0.29, 0.717) is 17.6 Å². The minimum atomic E-state index is -0.398. The fourth-order valence-electron chi connectivity index (χ4n) is 2.24. The highest BCUT2D eigenvalue weighted by molar-refractivity contribution is 7.98. The van der Waals surface area contributed by atoms with Crippen LogP contribution in [0.2, 0.25) is 0 Å². The Hall–Kier alpha value is -2.14. The van der Waals surface area contributed by atoms with Crippen LogP contribution < -0.4 is 0 Å². The monoisotopic (exact) mass is 285 g/mol. The van der Waals surface area contributed by atoms with Crippen molar-refractivity contribution in [1.82, 2.24) is 0 Å². The third-order valence-corrected chi connectivity index (χ3v) is 3.93. The molecule has 0 amide bonds. The molecule has 1 heterocycles. The Balaban J connectivity index is 2.16. The summed E-state index contributed by atoms with van der Waals surface area (Å²) in [5.41, 5.74) is 2.77. The summed E-state index contributed by atoms with van der Waals surface area (Å²) in [5.74, 6) is -0.325. The SMILES string of the molecule is COC(=O)c1ccc2c(c1)SN=CC1=C2C(=O)CC=C1. The van der Waals surface area contributed by atoms with Gasteiger partial charge in [0.25, 0.3) is 0 Å². The first-order valence-electron chi connectivity index (χ1n) is 6.08. The number of methoxy groups -OCH3 is 1. The number of allylic oxidation sites excluding steroid dienone is 4. The minimum absolute atomic E-state index is 0.0727. The Bertz CT molecular complexity index is 701. The lowest BCUT2D eigenvalue weighted by Crippen LogP contribution is -2.09. The maximum Gasteiger partial charge on any atom is 0.337 e. The predicted octanol–water partition coefficient (Wildman–Crippen LogP) is 2.85. The zero-order chi connectivity index (χ0) is 14.1. The zero-order valence-corrected chi connectivity index (χ0v) is 11.6. The number of esters is 1. The fraction of sp³-hybridized carbons (Fsp3) is 0.133. The first-order valence-corrected chi connectivity index (χ1v) is 6.85. The summed E-state index contributed by atoms with van der Waals surface area (Å²) in [6, 6.07) is 5.17. The fourth-order valence-corrected chi connectivity index (χ4v) is 2.97. The Labute approximate surface area is 120 Å². The molecule has 1 aliphatic carbocycles. The maximum atomic E-state index is 12.1. The predicted molar refractivity (Wildman–Crippen MR) is 77.8 cm³/mol. The molecule has 0 saturated heterocycles. The van der Waals surface area contributed by atoms with Crippen LogP contribution in [0.25, 0.3) is 5.57 Å². The topological polar surface area (TPSA) is 55.7 Å². The number of carbonyl (C=O) groups is 2. The Morgan fingerprint density at radius 2 is 2.25 bits per heavy atom. The van der Waals surface area contributed by atoms with E-state index in [2.05, 4.69) is 4.40 Å². The molecule has 0 saturated carbocycles. The quantitative estimate of drug-likeness (QED) is 0.588. The molecule has 0 fully saturated rings. The molecule has 100 valence electrons. The van der Waals surface area contributed by atoms with E-state index >= 15 is 0 Å². The molecule has 1 aliphatic heterocycles. The molecule has 0 radical (unpaired) electrons. The molecule has 0 spiro atoms. The summed E-state index contributed by atoms with van der Waals surface area (Å²) in [6.07, 6.45) is 5.83. The van der Waals surface area contributed by atoms with Gasteiger partial charge in [0.1, 0.15) is 0 Å². The largest absolute Gasteiger partial charge is 0.465 e. The standard InChI is InChI=1S/C15H11NO3S/c1-19-15(18)9-5-6-11-13(7-9)20-16-8-10-3-2-4-12(17)14(10)11/h2-3,5-8H,4H2,1H3. The van der Waals surface area contributed by atoms with E-state index in [0.717, 1.165) is 16.0 Å². The van der Waals surface area contributed by atoms with Crippen molar-refractivity contribution in [3.05, 3.63) is 47.1 Å². The Morgan fingerprint density at radius 3 is 3.05 bits per heavy atom. The summed E-state index contributed by atoms with van der Waals surface area (Å²) in [4.78, 5) is 24.5. The van der Waals surface area contributed by atoms with Gasteiger partial charge in [-0.1, -0.05) is 18.2 Å². The third kappa shape index (κ3) is 2.10. The summed E-state index contributed by atoms with van der Waals surface area (Å²) in [6.45, 7) is 0. The summed E-state index contributed by atoms with van der Waals surface area (Å²) in [7, 11) is 1.34. The molecule has 0 N–H and O–H groups in total. The lowest BCUT2D eigenvalue weighted by molar-refractivity contribution is -0.113. The van der Waals surface area contributed by atoms with E-state index in [1.165, 1.54) is 19.1 Å². The van der Waals surface area contributed by atoms with Gasteiger partial charge >= 0.3 is 5.97 Å². The summed E-state index contributed by atoms with van der Waals surface area (Å²) < 4.78 is 8.95. The molecule has 3 rings (SSSR count). The van der Waals surface area contributed by atoms with Crippen molar-refractivity contribution >= 4 is 35.5 Å². The zero-order valence-electron chi connectivity index (χ0n) is 10.8. The molecule has 0 aromatic heterocycles. The average Bonchev–Trinajstić information content (AvgIpc) is 2.65. The van der Waals surface area contributed by atoms with Crippen LogP contribution in [0.4, 0.5) is 0 Å². The minimum Gasteiger partial charge on any atom is -0.465 e. The van der Waals surface area contributed by atoms with Crippen molar-refractivity contribution < 1.29 is 14.3 Å². The molecule has 0 unspecified atom stereocenters. The molecule has 5 heteroatoms.